The van der Waals surface area contributed by atoms with Crippen LogP contribution in [0.4, 0.5) is 0 Å². The van der Waals surface area contributed by atoms with Gasteiger partial charge in [0.2, 0.25) is 5.91 Å². The second-order valence-electron chi connectivity index (χ2n) is 4.28. The van der Waals surface area contributed by atoms with Crippen molar-refractivity contribution >= 4 is 5.91 Å². The fourth-order valence-electron chi connectivity index (χ4n) is 1.79. The van der Waals surface area contributed by atoms with Gasteiger partial charge in [-0.3, -0.25) is 9.48 Å². The van der Waals surface area contributed by atoms with Gasteiger partial charge < -0.3 is 5.32 Å². The van der Waals surface area contributed by atoms with E-state index < -0.39 is 0 Å². The summed E-state index contributed by atoms with van der Waals surface area (Å²) in [7, 11) is 1.89. The molecule has 4 nitrogen and oxygen atoms in total. The highest BCUT2D eigenvalue weighted by Gasteiger charge is 2.02. The zero-order valence-corrected chi connectivity index (χ0v) is 10.5. The van der Waals surface area contributed by atoms with E-state index in [0.717, 1.165) is 17.5 Å². The smallest absolute Gasteiger partial charge is 0.224 e. The maximum Gasteiger partial charge on any atom is 0.224 e. The highest BCUT2D eigenvalue weighted by molar-refractivity contribution is 5.78. The van der Waals surface area contributed by atoms with Crippen LogP contribution < -0.4 is 5.32 Å². The quantitative estimate of drug-likeness (QED) is 0.861. The number of nitrogens with one attached hydrogen (secondary N) is 1. The molecule has 0 saturated heterocycles. The zero-order chi connectivity index (χ0) is 12.8. The van der Waals surface area contributed by atoms with Crippen LogP contribution >= 0.6 is 0 Å². The van der Waals surface area contributed by atoms with Crippen molar-refractivity contribution in [2.75, 3.05) is 6.54 Å². The average molecular weight is 243 g/mol. The standard InChI is InChI=1S/C14H17N3O/c1-17-11-13(10-16-17)7-8-15-14(18)9-12-5-3-2-4-6-12/h2-6,10-11H,7-9H2,1H3,(H,15,18). The van der Waals surface area contributed by atoms with Crippen LogP contribution in [0.5, 0.6) is 0 Å². The molecule has 0 aliphatic rings. The zero-order valence-electron chi connectivity index (χ0n) is 10.5. The molecule has 1 aromatic heterocycles. The second-order valence-corrected chi connectivity index (χ2v) is 4.28. The van der Waals surface area contributed by atoms with Crippen LogP contribution in [0.1, 0.15) is 11.1 Å². The number of benzene rings is 1. The molecule has 1 amide bonds. The Labute approximate surface area is 107 Å². The summed E-state index contributed by atoms with van der Waals surface area (Å²) in [5.74, 6) is 0.0603. The van der Waals surface area contributed by atoms with Crippen molar-refractivity contribution in [1.82, 2.24) is 15.1 Å². The summed E-state index contributed by atoms with van der Waals surface area (Å²) in [6, 6.07) is 9.75. The van der Waals surface area contributed by atoms with E-state index in [-0.39, 0.29) is 5.91 Å². The van der Waals surface area contributed by atoms with Gasteiger partial charge in [0, 0.05) is 19.8 Å². The molecule has 0 radical (unpaired) electrons. The van der Waals surface area contributed by atoms with Gasteiger partial charge in [-0.15, -0.1) is 0 Å². The lowest BCUT2D eigenvalue weighted by molar-refractivity contribution is -0.120. The van der Waals surface area contributed by atoms with Gasteiger partial charge in [0.05, 0.1) is 12.6 Å². The van der Waals surface area contributed by atoms with Gasteiger partial charge in [-0.2, -0.15) is 5.10 Å². The van der Waals surface area contributed by atoms with E-state index in [4.69, 9.17) is 0 Å². The number of hydrogen-bond donors (Lipinski definition) is 1. The number of hydrogen-bond acceptors (Lipinski definition) is 2. The fraction of sp³-hybridized carbons (Fsp3) is 0.286. The van der Waals surface area contributed by atoms with Crippen molar-refractivity contribution in [2.45, 2.75) is 12.8 Å². The first-order valence-electron chi connectivity index (χ1n) is 6.02. The van der Waals surface area contributed by atoms with Gasteiger partial charge in [0.15, 0.2) is 0 Å². The van der Waals surface area contributed by atoms with Crippen molar-refractivity contribution in [3.05, 3.63) is 53.9 Å². The minimum atomic E-state index is 0.0603. The molecule has 0 bridgehead atoms. The molecule has 1 heterocycles. The highest BCUT2D eigenvalue weighted by atomic mass is 16.1. The summed E-state index contributed by atoms with van der Waals surface area (Å²) >= 11 is 0. The first-order chi connectivity index (χ1) is 8.74. The lowest BCUT2D eigenvalue weighted by atomic mass is 10.1. The molecule has 0 fully saturated rings. The number of aromatic nitrogens is 2. The maximum atomic E-state index is 11.7. The van der Waals surface area contributed by atoms with E-state index in [9.17, 15) is 4.79 Å². The Bertz CT molecular complexity index is 505. The molecule has 2 aromatic rings. The molecule has 4 heteroatoms. The van der Waals surface area contributed by atoms with Gasteiger partial charge >= 0.3 is 0 Å². The van der Waals surface area contributed by atoms with E-state index in [1.807, 2.05) is 49.8 Å². The van der Waals surface area contributed by atoms with Crippen LogP contribution in [0.15, 0.2) is 42.7 Å². The first kappa shape index (κ1) is 12.4. The topological polar surface area (TPSA) is 46.9 Å². The third-order valence-electron chi connectivity index (χ3n) is 2.70. The molecule has 0 aliphatic carbocycles. The molecule has 18 heavy (non-hydrogen) atoms. The van der Waals surface area contributed by atoms with Crippen molar-refractivity contribution in [3.8, 4) is 0 Å². The van der Waals surface area contributed by atoms with E-state index in [1.165, 1.54) is 0 Å². The molecular weight excluding hydrogens is 226 g/mol. The highest BCUT2D eigenvalue weighted by Crippen LogP contribution is 2.00. The number of aryl methyl sites for hydroxylation is 1. The number of rotatable bonds is 5. The van der Waals surface area contributed by atoms with Crippen LogP contribution in [0.25, 0.3) is 0 Å². The van der Waals surface area contributed by atoms with Crippen LogP contribution in [-0.4, -0.2) is 22.2 Å². The van der Waals surface area contributed by atoms with E-state index in [2.05, 4.69) is 10.4 Å². The van der Waals surface area contributed by atoms with Crippen molar-refractivity contribution in [2.24, 2.45) is 7.05 Å². The predicted octanol–water partition coefficient (Wildman–Crippen LogP) is 1.32. The van der Waals surface area contributed by atoms with E-state index in [1.54, 1.807) is 4.68 Å². The normalized spacial score (nSPS) is 10.3. The van der Waals surface area contributed by atoms with Crippen LogP contribution in [-0.2, 0) is 24.7 Å². The fourth-order valence-corrected chi connectivity index (χ4v) is 1.79. The second kappa shape index (κ2) is 6.00. The maximum absolute atomic E-state index is 11.7. The Balaban J connectivity index is 1.72. The third kappa shape index (κ3) is 3.73. The Morgan fingerprint density at radius 3 is 2.72 bits per heavy atom. The molecule has 1 N–H and O–H groups in total. The van der Waals surface area contributed by atoms with Crippen LogP contribution in [0.3, 0.4) is 0 Å². The number of nitrogens with zero attached hydrogens (tertiary/aromatic N) is 2. The van der Waals surface area contributed by atoms with Crippen LogP contribution in [0.2, 0.25) is 0 Å². The Morgan fingerprint density at radius 2 is 2.06 bits per heavy atom. The minimum absolute atomic E-state index is 0.0603. The Hall–Kier alpha value is -2.10. The van der Waals surface area contributed by atoms with Gasteiger partial charge in [-0.25, -0.2) is 0 Å². The summed E-state index contributed by atoms with van der Waals surface area (Å²) in [4.78, 5) is 11.7. The predicted molar refractivity (Wildman–Crippen MR) is 70.1 cm³/mol. The molecule has 94 valence electrons. The number of amides is 1. The summed E-state index contributed by atoms with van der Waals surface area (Å²) in [5.41, 5.74) is 2.17. The molecule has 1 aromatic carbocycles. The Kier molecular flexibility index (Phi) is 4.12. The molecule has 0 aliphatic heterocycles. The molecular formula is C14H17N3O. The molecule has 2 rings (SSSR count). The van der Waals surface area contributed by atoms with Crippen molar-refractivity contribution in [3.63, 3.8) is 0 Å². The number of carbonyl (C=O) groups excluding carboxylic acids is 1. The average Bonchev–Trinajstić information content (AvgIpc) is 2.76. The van der Waals surface area contributed by atoms with E-state index in [0.29, 0.717) is 13.0 Å². The molecule has 0 atom stereocenters. The summed E-state index contributed by atoms with van der Waals surface area (Å²) in [5, 5.41) is 7.00. The lowest BCUT2D eigenvalue weighted by Crippen LogP contribution is -2.27. The molecule has 0 spiro atoms. The Morgan fingerprint density at radius 1 is 1.28 bits per heavy atom. The largest absolute Gasteiger partial charge is 0.355 e. The van der Waals surface area contributed by atoms with Gasteiger partial charge in [0.25, 0.3) is 0 Å². The third-order valence-corrected chi connectivity index (χ3v) is 2.70. The van der Waals surface area contributed by atoms with E-state index >= 15 is 0 Å². The van der Waals surface area contributed by atoms with Crippen molar-refractivity contribution < 1.29 is 4.79 Å². The SMILES string of the molecule is Cn1cc(CCNC(=O)Cc2ccccc2)cn1. The summed E-state index contributed by atoms with van der Waals surface area (Å²) in [6.07, 6.45) is 5.04. The monoisotopic (exact) mass is 243 g/mol. The lowest BCUT2D eigenvalue weighted by Gasteiger charge is -2.04. The van der Waals surface area contributed by atoms with Crippen molar-refractivity contribution in [1.29, 1.82) is 0 Å². The molecule has 0 saturated carbocycles. The summed E-state index contributed by atoms with van der Waals surface area (Å²) in [6.45, 7) is 0.650. The first-order valence-corrected chi connectivity index (χ1v) is 6.02. The van der Waals surface area contributed by atoms with Gasteiger partial charge in [-0.05, 0) is 17.5 Å². The number of carbonyl (C=O) groups is 1. The minimum Gasteiger partial charge on any atom is -0.355 e. The molecule has 0 unspecified atom stereocenters. The summed E-state index contributed by atoms with van der Waals surface area (Å²) < 4.78 is 1.77. The van der Waals surface area contributed by atoms with Gasteiger partial charge in [0.1, 0.15) is 0 Å². The van der Waals surface area contributed by atoms with Crippen LogP contribution in [0, 0.1) is 0 Å². The van der Waals surface area contributed by atoms with Gasteiger partial charge in [-0.1, -0.05) is 30.3 Å².